The van der Waals surface area contributed by atoms with E-state index in [0.29, 0.717) is 11.6 Å². The van der Waals surface area contributed by atoms with Crippen LogP contribution in [0.3, 0.4) is 0 Å². The molecule has 1 N–H and O–H groups in total. The summed E-state index contributed by atoms with van der Waals surface area (Å²) in [6.07, 6.45) is 2.44. The number of nitrogens with one attached hydrogen (secondary N) is 1. The number of rotatable bonds is 8. The molecule has 1 amide bonds. The Morgan fingerprint density at radius 3 is 2.43 bits per heavy atom. The minimum absolute atomic E-state index is 0.150. The summed E-state index contributed by atoms with van der Waals surface area (Å²) in [5.41, 5.74) is 2.58. The van der Waals surface area contributed by atoms with Gasteiger partial charge in [0, 0.05) is 24.2 Å². The summed E-state index contributed by atoms with van der Waals surface area (Å²) < 4.78 is 10.7. The molecule has 6 heteroatoms. The number of carbonyl (C=O) groups is 2. The maximum Gasteiger partial charge on any atom is 0.308 e. The lowest BCUT2D eigenvalue weighted by Crippen LogP contribution is -2.29. The first-order valence-electron chi connectivity index (χ1n) is 13.1. The van der Waals surface area contributed by atoms with E-state index in [1.165, 1.54) is 21.9 Å². The third-order valence-electron chi connectivity index (χ3n) is 6.94. The fourth-order valence-electron chi connectivity index (χ4n) is 5.06. The minimum Gasteiger partial charge on any atom is -0.497 e. The number of benzene rings is 3. The van der Waals surface area contributed by atoms with Crippen LogP contribution in [-0.4, -0.2) is 42.6 Å². The molecule has 0 saturated carbocycles. The van der Waals surface area contributed by atoms with Gasteiger partial charge in [0.1, 0.15) is 11.4 Å². The molecular formula is C31H38N2O4. The number of ether oxygens (including phenoxy) is 2. The number of likely N-dealkylation sites (tertiary alicyclic amines) is 1. The Bertz CT molecular complexity index is 1250. The van der Waals surface area contributed by atoms with Crippen molar-refractivity contribution in [2.24, 2.45) is 0 Å². The highest BCUT2D eigenvalue weighted by molar-refractivity contribution is 5.94. The normalized spacial score (nSPS) is 16.9. The smallest absolute Gasteiger partial charge is 0.308 e. The molecule has 1 aliphatic rings. The fourth-order valence-corrected chi connectivity index (χ4v) is 5.06. The summed E-state index contributed by atoms with van der Waals surface area (Å²) in [7, 11) is 1.69. The van der Waals surface area contributed by atoms with Crippen LogP contribution in [0.5, 0.6) is 5.75 Å². The van der Waals surface area contributed by atoms with Crippen molar-refractivity contribution in [3.05, 3.63) is 77.4 Å². The Morgan fingerprint density at radius 1 is 1.03 bits per heavy atom. The van der Waals surface area contributed by atoms with Gasteiger partial charge in [-0.3, -0.25) is 14.5 Å². The van der Waals surface area contributed by atoms with Gasteiger partial charge in [-0.15, -0.1) is 0 Å². The van der Waals surface area contributed by atoms with Crippen molar-refractivity contribution in [3.8, 4) is 5.75 Å². The molecule has 6 nitrogen and oxygen atoms in total. The number of esters is 1. The standard InChI is InChI=1S/C31H38N2O4/c1-21(22-8-10-23(11-9-22)30(35)32-17-16-29(34)37-31(2,3)4)33-18-6-7-28(33)26-13-12-25-20-27(36-5)15-14-24(25)19-26/h8-15,19-21,28H,6-7,16-18H2,1-5H3,(H,32,35)/t21?,28-/m1/s1. The summed E-state index contributed by atoms with van der Waals surface area (Å²) in [4.78, 5) is 27.0. The molecule has 1 saturated heterocycles. The van der Waals surface area contributed by atoms with Crippen LogP contribution in [0.15, 0.2) is 60.7 Å². The second-order valence-corrected chi connectivity index (χ2v) is 10.8. The van der Waals surface area contributed by atoms with E-state index in [-0.39, 0.29) is 30.9 Å². The van der Waals surface area contributed by atoms with Crippen molar-refractivity contribution in [2.45, 2.75) is 64.6 Å². The first-order chi connectivity index (χ1) is 17.6. The maximum absolute atomic E-state index is 12.6. The van der Waals surface area contributed by atoms with E-state index in [9.17, 15) is 9.59 Å². The van der Waals surface area contributed by atoms with E-state index in [0.717, 1.165) is 25.1 Å². The Hall–Kier alpha value is -3.38. The van der Waals surface area contributed by atoms with E-state index in [1.807, 2.05) is 51.1 Å². The number of carbonyl (C=O) groups excluding carboxylic acids is 2. The largest absolute Gasteiger partial charge is 0.497 e. The molecule has 0 spiro atoms. The zero-order valence-corrected chi connectivity index (χ0v) is 22.5. The SMILES string of the molecule is COc1ccc2cc([C@H]3CCCN3C(C)c3ccc(C(=O)NCCC(=O)OC(C)(C)C)cc3)ccc2c1. The quantitative estimate of drug-likeness (QED) is 0.371. The summed E-state index contributed by atoms with van der Waals surface area (Å²) in [6.45, 7) is 9.01. The third kappa shape index (κ3) is 6.69. The molecule has 0 radical (unpaired) electrons. The molecule has 1 fully saturated rings. The van der Waals surface area contributed by atoms with Gasteiger partial charge in [0.05, 0.1) is 13.5 Å². The monoisotopic (exact) mass is 502 g/mol. The number of amides is 1. The van der Waals surface area contributed by atoms with Gasteiger partial charge in [-0.1, -0.05) is 30.3 Å². The van der Waals surface area contributed by atoms with Gasteiger partial charge in [-0.25, -0.2) is 0 Å². The van der Waals surface area contributed by atoms with E-state index in [1.54, 1.807) is 7.11 Å². The summed E-state index contributed by atoms with van der Waals surface area (Å²) >= 11 is 0. The van der Waals surface area contributed by atoms with Crippen LogP contribution in [-0.2, 0) is 9.53 Å². The highest BCUT2D eigenvalue weighted by atomic mass is 16.6. The number of nitrogens with zero attached hydrogens (tertiary/aromatic N) is 1. The highest BCUT2D eigenvalue weighted by Gasteiger charge is 2.30. The van der Waals surface area contributed by atoms with Crippen LogP contribution in [0.1, 0.15) is 80.5 Å². The molecule has 1 heterocycles. The van der Waals surface area contributed by atoms with E-state index in [2.05, 4.69) is 47.5 Å². The summed E-state index contributed by atoms with van der Waals surface area (Å²) in [5, 5.41) is 5.21. The average Bonchev–Trinajstić information content (AvgIpc) is 3.36. The summed E-state index contributed by atoms with van der Waals surface area (Å²) in [5.74, 6) is 0.370. The molecule has 3 aromatic rings. The van der Waals surface area contributed by atoms with Gasteiger partial charge in [0.2, 0.25) is 0 Å². The van der Waals surface area contributed by atoms with Gasteiger partial charge >= 0.3 is 5.97 Å². The number of fused-ring (bicyclic) bond motifs is 1. The number of hydrogen-bond donors (Lipinski definition) is 1. The van der Waals surface area contributed by atoms with Crippen molar-refractivity contribution in [1.82, 2.24) is 10.2 Å². The molecule has 37 heavy (non-hydrogen) atoms. The van der Waals surface area contributed by atoms with Gasteiger partial charge in [-0.05, 0) is 99.3 Å². The van der Waals surface area contributed by atoms with Gasteiger partial charge < -0.3 is 14.8 Å². The molecule has 3 aromatic carbocycles. The molecule has 1 unspecified atom stereocenters. The minimum atomic E-state index is -0.523. The Kier molecular flexibility index (Phi) is 8.18. The van der Waals surface area contributed by atoms with E-state index < -0.39 is 5.60 Å². The first kappa shape index (κ1) is 26.7. The van der Waals surface area contributed by atoms with Gasteiger partial charge in [0.25, 0.3) is 5.91 Å². The highest BCUT2D eigenvalue weighted by Crippen LogP contribution is 2.39. The fraction of sp³-hybridized carbons (Fsp3) is 0.419. The zero-order valence-electron chi connectivity index (χ0n) is 22.5. The topological polar surface area (TPSA) is 67.9 Å². The second-order valence-electron chi connectivity index (χ2n) is 10.8. The predicted molar refractivity (Wildman–Crippen MR) is 147 cm³/mol. The first-order valence-corrected chi connectivity index (χ1v) is 13.1. The van der Waals surface area contributed by atoms with Crippen molar-refractivity contribution in [3.63, 3.8) is 0 Å². The van der Waals surface area contributed by atoms with Crippen LogP contribution in [0.2, 0.25) is 0 Å². The Morgan fingerprint density at radius 2 is 1.73 bits per heavy atom. The van der Waals surface area contributed by atoms with E-state index >= 15 is 0 Å². The van der Waals surface area contributed by atoms with Gasteiger partial charge in [0.15, 0.2) is 0 Å². The third-order valence-corrected chi connectivity index (χ3v) is 6.94. The molecule has 4 rings (SSSR count). The Labute approximate surface area is 219 Å². The van der Waals surface area contributed by atoms with Crippen molar-refractivity contribution in [1.29, 1.82) is 0 Å². The van der Waals surface area contributed by atoms with Crippen molar-refractivity contribution >= 4 is 22.6 Å². The molecule has 0 aromatic heterocycles. The van der Waals surface area contributed by atoms with Crippen LogP contribution in [0.4, 0.5) is 0 Å². The molecule has 2 atom stereocenters. The molecule has 1 aliphatic heterocycles. The van der Waals surface area contributed by atoms with Crippen LogP contribution in [0.25, 0.3) is 10.8 Å². The molecular weight excluding hydrogens is 464 g/mol. The predicted octanol–water partition coefficient (Wildman–Crippen LogP) is 6.21. The lowest BCUT2D eigenvalue weighted by Gasteiger charge is -2.31. The molecule has 0 aliphatic carbocycles. The lowest BCUT2D eigenvalue weighted by molar-refractivity contribution is -0.154. The summed E-state index contributed by atoms with van der Waals surface area (Å²) in [6, 6.07) is 21.3. The van der Waals surface area contributed by atoms with E-state index in [4.69, 9.17) is 9.47 Å². The van der Waals surface area contributed by atoms with Crippen molar-refractivity contribution < 1.29 is 19.1 Å². The zero-order chi connectivity index (χ0) is 26.6. The average molecular weight is 503 g/mol. The van der Waals surface area contributed by atoms with Crippen LogP contribution >= 0.6 is 0 Å². The van der Waals surface area contributed by atoms with Gasteiger partial charge in [-0.2, -0.15) is 0 Å². The maximum atomic E-state index is 12.6. The van der Waals surface area contributed by atoms with Crippen molar-refractivity contribution in [2.75, 3.05) is 20.2 Å². The van der Waals surface area contributed by atoms with Crippen LogP contribution in [0, 0.1) is 0 Å². The Balaban J connectivity index is 1.38. The molecule has 196 valence electrons. The lowest BCUT2D eigenvalue weighted by atomic mass is 9.98. The van der Waals surface area contributed by atoms with Crippen LogP contribution < -0.4 is 10.1 Å². The second kappa shape index (κ2) is 11.3. The molecule has 0 bridgehead atoms. The number of methoxy groups -OCH3 is 1. The number of hydrogen-bond acceptors (Lipinski definition) is 5.